The van der Waals surface area contributed by atoms with Crippen LogP contribution in [0.1, 0.15) is 23.1 Å². The fourth-order valence-electron chi connectivity index (χ4n) is 2.86. The Morgan fingerprint density at radius 1 is 1.10 bits per heavy atom. The van der Waals surface area contributed by atoms with E-state index < -0.39 is 36.4 Å². The molecule has 0 spiro atoms. The summed E-state index contributed by atoms with van der Waals surface area (Å²) < 4.78 is 50.8. The third-order valence-corrected chi connectivity index (χ3v) is 4.25. The number of carbonyl (C=O) groups is 2. The van der Waals surface area contributed by atoms with E-state index in [2.05, 4.69) is 4.98 Å². The first-order valence-electron chi connectivity index (χ1n) is 8.61. The zero-order valence-corrected chi connectivity index (χ0v) is 15.6. The average Bonchev–Trinajstić information content (AvgIpc) is 3.06. The fourth-order valence-corrected chi connectivity index (χ4v) is 2.86. The van der Waals surface area contributed by atoms with Gasteiger partial charge in [0.2, 0.25) is 11.6 Å². The molecular weight excluding hydrogens is 389 g/mol. The van der Waals surface area contributed by atoms with Crippen LogP contribution in [0.2, 0.25) is 0 Å². The van der Waals surface area contributed by atoms with Gasteiger partial charge in [-0.25, -0.2) is 4.98 Å². The maximum atomic E-state index is 13.3. The van der Waals surface area contributed by atoms with Crippen molar-refractivity contribution in [2.24, 2.45) is 0 Å². The number of carbonyl (C=O) groups excluding carboxylic acids is 2. The number of nitrogens with zero attached hydrogens (tertiary/aromatic N) is 2. The molecule has 0 saturated heterocycles. The number of Topliss-reactive ketones (excluding diaryl/α,β-unsaturated/α-hetero) is 1. The van der Waals surface area contributed by atoms with Crippen molar-refractivity contribution in [1.82, 2.24) is 9.55 Å². The highest BCUT2D eigenvalue weighted by atomic mass is 19.4. The van der Waals surface area contributed by atoms with E-state index in [9.17, 15) is 22.8 Å². The van der Waals surface area contributed by atoms with Gasteiger partial charge in [0.15, 0.2) is 6.10 Å². The quantitative estimate of drug-likeness (QED) is 0.459. The van der Waals surface area contributed by atoms with E-state index in [0.717, 1.165) is 4.57 Å². The van der Waals surface area contributed by atoms with E-state index in [1.54, 1.807) is 24.3 Å². The van der Waals surface area contributed by atoms with Gasteiger partial charge >= 0.3 is 12.1 Å². The number of aromatic nitrogens is 2. The molecule has 29 heavy (non-hydrogen) atoms. The Morgan fingerprint density at radius 2 is 1.76 bits per heavy atom. The van der Waals surface area contributed by atoms with E-state index in [1.807, 2.05) is 0 Å². The summed E-state index contributed by atoms with van der Waals surface area (Å²) >= 11 is 0. The van der Waals surface area contributed by atoms with Gasteiger partial charge in [0.05, 0.1) is 18.1 Å². The Morgan fingerprint density at radius 3 is 2.38 bits per heavy atom. The second-order valence-corrected chi connectivity index (χ2v) is 6.23. The summed E-state index contributed by atoms with van der Waals surface area (Å²) in [6.45, 7) is 0.636. The van der Waals surface area contributed by atoms with E-state index in [4.69, 9.17) is 9.47 Å². The third kappa shape index (κ3) is 4.39. The Labute approximate surface area is 163 Å². The molecule has 1 aromatic heterocycles. The van der Waals surface area contributed by atoms with Crippen LogP contribution >= 0.6 is 0 Å². The number of rotatable bonds is 6. The van der Waals surface area contributed by atoms with Crippen molar-refractivity contribution in [3.63, 3.8) is 0 Å². The number of esters is 1. The van der Waals surface area contributed by atoms with Crippen LogP contribution in [-0.4, -0.2) is 34.5 Å². The van der Waals surface area contributed by atoms with Crippen LogP contribution in [-0.2, 0) is 22.3 Å². The maximum Gasteiger partial charge on any atom is 0.449 e. The van der Waals surface area contributed by atoms with Gasteiger partial charge in [-0.05, 0) is 43.3 Å². The molecule has 0 N–H and O–H groups in total. The summed E-state index contributed by atoms with van der Waals surface area (Å²) in [7, 11) is 1.48. The number of hydrogen-bond acceptors (Lipinski definition) is 5. The minimum absolute atomic E-state index is 0.106. The second-order valence-electron chi connectivity index (χ2n) is 6.23. The molecule has 2 aromatic carbocycles. The molecule has 152 valence electrons. The summed E-state index contributed by atoms with van der Waals surface area (Å²) in [4.78, 5) is 28.2. The largest absolute Gasteiger partial charge is 0.497 e. The van der Waals surface area contributed by atoms with Gasteiger partial charge in [-0.1, -0.05) is 12.1 Å². The Balaban J connectivity index is 1.77. The maximum absolute atomic E-state index is 13.3. The molecule has 3 aromatic rings. The van der Waals surface area contributed by atoms with Gasteiger partial charge in [-0.15, -0.1) is 0 Å². The number of hydrogen-bond donors (Lipinski definition) is 0. The minimum Gasteiger partial charge on any atom is -0.497 e. The number of ketones is 1. The fraction of sp³-hybridized carbons (Fsp3) is 0.250. The highest BCUT2D eigenvalue weighted by molar-refractivity contribution is 6.00. The molecule has 9 heteroatoms. The highest BCUT2D eigenvalue weighted by Gasteiger charge is 2.38. The van der Waals surface area contributed by atoms with Crippen molar-refractivity contribution in [2.75, 3.05) is 7.11 Å². The SMILES string of the molecule is COc1ccc(C(=O)C(C)OC(=O)Cn2c(C(F)(F)F)nc3ccccc32)cc1. The Hall–Kier alpha value is -3.36. The zero-order chi connectivity index (χ0) is 21.2. The van der Waals surface area contributed by atoms with E-state index in [1.165, 1.54) is 38.3 Å². The second kappa shape index (κ2) is 7.94. The molecule has 1 atom stereocenters. The molecule has 0 fully saturated rings. The normalized spacial score (nSPS) is 12.6. The van der Waals surface area contributed by atoms with Crippen molar-refractivity contribution in [2.45, 2.75) is 25.7 Å². The first-order chi connectivity index (χ1) is 13.7. The summed E-state index contributed by atoms with van der Waals surface area (Å²) in [5.41, 5.74) is 0.538. The van der Waals surface area contributed by atoms with Crippen molar-refractivity contribution in [1.29, 1.82) is 0 Å². The van der Waals surface area contributed by atoms with Crippen LogP contribution in [0.5, 0.6) is 5.75 Å². The first-order valence-corrected chi connectivity index (χ1v) is 8.61. The third-order valence-electron chi connectivity index (χ3n) is 4.25. The topological polar surface area (TPSA) is 70.4 Å². The molecule has 0 radical (unpaired) electrons. The molecule has 0 saturated carbocycles. The van der Waals surface area contributed by atoms with Crippen LogP contribution in [0.25, 0.3) is 11.0 Å². The van der Waals surface area contributed by atoms with Crippen LogP contribution in [0, 0.1) is 0 Å². The standard InChI is InChI=1S/C20H17F3N2O4/c1-12(18(27)13-7-9-14(28-2)10-8-13)29-17(26)11-25-16-6-4-3-5-15(16)24-19(25)20(21,22)23/h3-10,12H,11H2,1-2H3. The van der Waals surface area contributed by atoms with Crippen LogP contribution in [0.3, 0.4) is 0 Å². The molecule has 3 rings (SSSR count). The number of halogens is 3. The molecule has 0 amide bonds. The van der Waals surface area contributed by atoms with Crippen LogP contribution in [0.15, 0.2) is 48.5 Å². The van der Waals surface area contributed by atoms with E-state index in [-0.39, 0.29) is 16.6 Å². The van der Waals surface area contributed by atoms with Gasteiger partial charge in [0.1, 0.15) is 12.3 Å². The van der Waals surface area contributed by atoms with E-state index >= 15 is 0 Å². The number of fused-ring (bicyclic) bond motifs is 1. The number of benzene rings is 2. The Kier molecular flexibility index (Phi) is 5.58. The number of imidazole rings is 1. The van der Waals surface area contributed by atoms with Gasteiger partial charge in [0, 0.05) is 5.56 Å². The molecule has 6 nitrogen and oxygen atoms in total. The predicted octanol–water partition coefficient (Wildman–Crippen LogP) is 3.88. The highest BCUT2D eigenvalue weighted by Crippen LogP contribution is 2.31. The van der Waals surface area contributed by atoms with Crippen molar-refractivity contribution < 1.29 is 32.2 Å². The lowest BCUT2D eigenvalue weighted by molar-refractivity contribution is -0.152. The molecular formula is C20H17F3N2O4. The van der Waals surface area contributed by atoms with Gasteiger partial charge < -0.3 is 14.0 Å². The number of alkyl halides is 3. The van der Waals surface area contributed by atoms with Crippen LogP contribution < -0.4 is 4.74 Å². The van der Waals surface area contributed by atoms with Gasteiger partial charge in [-0.3, -0.25) is 9.59 Å². The zero-order valence-electron chi connectivity index (χ0n) is 15.6. The summed E-state index contributed by atoms with van der Waals surface area (Å²) in [6.07, 6.45) is -5.91. The van der Waals surface area contributed by atoms with Crippen LogP contribution in [0.4, 0.5) is 13.2 Å². The lowest BCUT2D eigenvalue weighted by Crippen LogP contribution is -2.27. The van der Waals surface area contributed by atoms with Gasteiger partial charge in [0.25, 0.3) is 0 Å². The van der Waals surface area contributed by atoms with Gasteiger partial charge in [-0.2, -0.15) is 13.2 Å². The average molecular weight is 406 g/mol. The number of ether oxygens (including phenoxy) is 2. The molecule has 0 bridgehead atoms. The molecule has 0 aliphatic heterocycles. The van der Waals surface area contributed by atoms with E-state index in [0.29, 0.717) is 5.75 Å². The Bertz CT molecular complexity index is 1040. The molecule has 1 unspecified atom stereocenters. The van der Waals surface area contributed by atoms with Crippen molar-refractivity contribution in [3.05, 3.63) is 59.9 Å². The number of methoxy groups -OCH3 is 1. The molecule has 1 heterocycles. The summed E-state index contributed by atoms with van der Waals surface area (Å²) in [5.74, 6) is -2.11. The molecule has 0 aliphatic carbocycles. The first kappa shape index (κ1) is 20.4. The number of para-hydroxylation sites is 2. The summed E-state index contributed by atoms with van der Waals surface area (Å²) in [5, 5.41) is 0. The van der Waals surface area contributed by atoms with Crippen molar-refractivity contribution in [3.8, 4) is 5.75 Å². The monoisotopic (exact) mass is 406 g/mol. The predicted molar refractivity (Wildman–Crippen MR) is 97.6 cm³/mol. The minimum atomic E-state index is -4.75. The summed E-state index contributed by atoms with van der Waals surface area (Å²) in [6, 6.07) is 12.1. The smallest absolute Gasteiger partial charge is 0.449 e. The lowest BCUT2D eigenvalue weighted by atomic mass is 10.1. The molecule has 0 aliphatic rings. The lowest BCUT2D eigenvalue weighted by Gasteiger charge is -2.15. The van der Waals surface area contributed by atoms with Crippen molar-refractivity contribution >= 4 is 22.8 Å².